The van der Waals surface area contributed by atoms with Crippen molar-refractivity contribution in [3.8, 4) is 0 Å². The van der Waals surface area contributed by atoms with Crippen molar-refractivity contribution in [3.05, 3.63) is 50.7 Å². The summed E-state index contributed by atoms with van der Waals surface area (Å²) in [7, 11) is 0. The van der Waals surface area contributed by atoms with Gasteiger partial charge in [-0.15, -0.1) is 11.3 Å². The van der Waals surface area contributed by atoms with E-state index in [9.17, 15) is 4.79 Å². The average Bonchev–Trinajstić information content (AvgIpc) is 2.76. The lowest BCUT2D eigenvalue weighted by Gasteiger charge is -2.13. The molecule has 0 spiro atoms. The number of aryl methyl sites for hydroxylation is 3. The molecule has 0 fully saturated rings. The van der Waals surface area contributed by atoms with Crippen LogP contribution in [0.4, 0.5) is 5.69 Å². The first kappa shape index (κ1) is 13.6. The molecule has 2 rings (SSSR count). The molecule has 0 bridgehead atoms. The van der Waals surface area contributed by atoms with Crippen LogP contribution in [0.25, 0.3) is 0 Å². The number of carboxylic acid groups (broad SMARTS) is 1. The molecule has 4 heteroatoms. The van der Waals surface area contributed by atoms with Crippen LogP contribution in [0.15, 0.2) is 24.3 Å². The normalized spacial score (nSPS) is 10.5. The zero-order chi connectivity index (χ0) is 14.0. The van der Waals surface area contributed by atoms with Gasteiger partial charge in [-0.25, -0.2) is 4.79 Å². The second-order valence-corrected chi connectivity index (χ2v) is 5.87. The van der Waals surface area contributed by atoms with Crippen molar-refractivity contribution >= 4 is 23.0 Å². The summed E-state index contributed by atoms with van der Waals surface area (Å²) in [5.74, 6) is -0.862. The molecular formula is C15H17NO2S. The smallest absolute Gasteiger partial charge is 0.345 e. The van der Waals surface area contributed by atoms with Gasteiger partial charge in [0.15, 0.2) is 0 Å². The van der Waals surface area contributed by atoms with Crippen molar-refractivity contribution < 1.29 is 9.90 Å². The molecular weight excluding hydrogens is 258 g/mol. The number of aromatic carboxylic acids is 1. The number of hydrogen-bond acceptors (Lipinski definition) is 3. The molecule has 0 atom stereocenters. The zero-order valence-electron chi connectivity index (χ0n) is 11.3. The summed E-state index contributed by atoms with van der Waals surface area (Å²) in [6, 6.07) is 7.80. The molecule has 3 nitrogen and oxygen atoms in total. The number of nitrogens with one attached hydrogen (secondary N) is 1. The molecule has 0 aliphatic rings. The highest BCUT2D eigenvalue weighted by Gasteiger charge is 2.08. The van der Waals surface area contributed by atoms with Crippen molar-refractivity contribution in [2.45, 2.75) is 27.3 Å². The molecule has 1 aromatic carbocycles. The monoisotopic (exact) mass is 275 g/mol. The van der Waals surface area contributed by atoms with E-state index < -0.39 is 5.97 Å². The molecule has 1 aromatic heterocycles. The second-order valence-electron chi connectivity index (χ2n) is 4.70. The van der Waals surface area contributed by atoms with Crippen LogP contribution in [-0.4, -0.2) is 11.1 Å². The van der Waals surface area contributed by atoms with E-state index in [1.54, 1.807) is 6.07 Å². The minimum atomic E-state index is -0.862. The highest BCUT2D eigenvalue weighted by atomic mass is 32.1. The van der Waals surface area contributed by atoms with Gasteiger partial charge in [0, 0.05) is 17.1 Å². The van der Waals surface area contributed by atoms with Gasteiger partial charge in [0.1, 0.15) is 4.88 Å². The van der Waals surface area contributed by atoms with Crippen LogP contribution >= 0.6 is 11.3 Å². The van der Waals surface area contributed by atoms with E-state index in [4.69, 9.17) is 5.11 Å². The van der Waals surface area contributed by atoms with E-state index in [0.29, 0.717) is 11.4 Å². The van der Waals surface area contributed by atoms with Crippen molar-refractivity contribution in [2.75, 3.05) is 5.32 Å². The van der Waals surface area contributed by atoms with Gasteiger partial charge in [0.25, 0.3) is 0 Å². The SMILES string of the molecule is Cc1cc(C)c(NCc2ccc(C(=O)O)s2)c(C)c1. The Morgan fingerprint density at radius 3 is 2.37 bits per heavy atom. The highest BCUT2D eigenvalue weighted by Crippen LogP contribution is 2.24. The van der Waals surface area contributed by atoms with E-state index in [1.807, 2.05) is 6.07 Å². The fraction of sp³-hybridized carbons (Fsp3) is 0.267. The van der Waals surface area contributed by atoms with E-state index in [0.717, 1.165) is 10.6 Å². The number of benzene rings is 1. The maximum absolute atomic E-state index is 10.8. The lowest BCUT2D eigenvalue weighted by molar-refractivity contribution is 0.0702. The van der Waals surface area contributed by atoms with E-state index in [1.165, 1.54) is 28.0 Å². The molecule has 1 heterocycles. The Labute approximate surface area is 116 Å². The van der Waals surface area contributed by atoms with Gasteiger partial charge in [0.05, 0.1) is 0 Å². The van der Waals surface area contributed by atoms with Crippen LogP contribution in [-0.2, 0) is 6.54 Å². The summed E-state index contributed by atoms with van der Waals surface area (Å²) >= 11 is 1.31. The molecule has 0 amide bonds. The maximum atomic E-state index is 10.8. The molecule has 0 aliphatic heterocycles. The third-order valence-electron chi connectivity index (χ3n) is 2.99. The number of carboxylic acids is 1. The van der Waals surface area contributed by atoms with Gasteiger partial charge in [-0.2, -0.15) is 0 Å². The molecule has 0 unspecified atom stereocenters. The van der Waals surface area contributed by atoms with Crippen molar-refractivity contribution in [2.24, 2.45) is 0 Å². The predicted octanol–water partition coefficient (Wildman–Crippen LogP) is 3.98. The molecule has 2 N–H and O–H groups in total. The predicted molar refractivity (Wildman–Crippen MR) is 79.3 cm³/mol. The number of thiophene rings is 1. The van der Waals surface area contributed by atoms with Crippen LogP contribution in [0, 0.1) is 20.8 Å². The summed E-state index contributed by atoms with van der Waals surface area (Å²) in [6.07, 6.45) is 0. The van der Waals surface area contributed by atoms with Gasteiger partial charge in [0.2, 0.25) is 0 Å². The van der Waals surface area contributed by atoms with Crippen LogP contribution in [0.5, 0.6) is 0 Å². The third kappa shape index (κ3) is 3.15. The molecule has 0 saturated heterocycles. The Balaban J connectivity index is 2.12. The molecule has 0 saturated carbocycles. The number of hydrogen-bond donors (Lipinski definition) is 2. The van der Waals surface area contributed by atoms with E-state index in [-0.39, 0.29) is 0 Å². The van der Waals surface area contributed by atoms with Crippen LogP contribution in [0.3, 0.4) is 0 Å². The quantitative estimate of drug-likeness (QED) is 0.887. The van der Waals surface area contributed by atoms with Crippen LogP contribution < -0.4 is 5.32 Å². The Morgan fingerprint density at radius 2 is 1.84 bits per heavy atom. The first-order valence-electron chi connectivity index (χ1n) is 6.11. The number of carbonyl (C=O) groups is 1. The minimum Gasteiger partial charge on any atom is -0.477 e. The zero-order valence-corrected chi connectivity index (χ0v) is 12.1. The average molecular weight is 275 g/mol. The van der Waals surface area contributed by atoms with Gasteiger partial charge in [-0.05, 0) is 44.0 Å². The summed E-state index contributed by atoms with van der Waals surface area (Å²) in [6.45, 7) is 6.91. The summed E-state index contributed by atoms with van der Waals surface area (Å²) in [5.41, 5.74) is 4.82. The van der Waals surface area contributed by atoms with E-state index in [2.05, 4.69) is 38.2 Å². The fourth-order valence-electron chi connectivity index (χ4n) is 2.22. The number of anilines is 1. The lowest BCUT2D eigenvalue weighted by Crippen LogP contribution is -2.02. The van der Waals surface area contributed by atoms with Gasteiger partial charge >= 0.3 is 5.97 Å². The molecule has 19 heavy (non-hydrogen) atoms. The first-order chi connectivity index (χ1) is 8.97. The molecule has 2 aromatic rings. The van der Waals surface area contributed by atoms with Crippen molar-refractivity contribution in [3.63, 3.8) is 0 Å². The maximum Gasteiger partial charge on any atom is 0.345 e. The third-order valence-corrected chi connectivity index (χ3v) is 4.06. The first-order valence-corrected chi connectivity index (χ1v) is 6.92. The van der Waals surface area contributed by atoms with Crippen molar-refractivity contribution in [1.29, 1.82) is 0 Å². The second kappa shape index (κ2) is 5.45. The number of rotatable bonds is 4. The lowest BCUT2D eigenvalue weighted by atomic mass is 10.1. The Kier molecular flexibility index (Phi) is 3.90. The van der Waals surface area contributed by atoms with Crippen LogP contribution in [0.1, 0.15) is 31.2 Å². The summed E-state index contributed by atoms with van der Waals surface area (Å²) in [5, 5.41) is 12.3. The molecule has 0 radical (unpaired) electrons. The van der Waals surface area contributed by atoms with Crippen LogP contribution in [0.2, 0.25) is 0 Å². The van der Waals surface area contributed by atoms with Crippen molar-refractivity contribution in [1.82, 2.24) is 0 Å². The van der Waals surface area contributed by atoms with Gasteiger partial charge in [-0.1, -0.05) is 17.7 Å². The molecule has 0 aliphatic carbocycles. The largest absolute Gasteiger partial charge is 0.477 e. The topological polar surface area (TPSA) is 49.3 Å². The Morgan fingerprint density at radius 1 is 1.21 bits per heavy atom. The summed E-state index contributed by atoms with van der Waals surface area (Å²) in [4.78, 5) is 12.2. The van der Waals surface area contributed by atoms with E-state index >= 15 is 0 Å². The van der Waals surface area contributed by atoms with Gasteiger partial charge in [-0.3, -0.25) is 0 Å². The Hall–Kier alpha value is -1.81. The molecule has 100 valence electrons. The highest BCUT2D eigenvalue weighted by molar-refractivity contribution is 7.13. The van der Waals surface area contributed by atoms with Gasteiger partial charge < -0.3 is 10.4 Å². The Bertz CT molecular complexity index is 593. The fourth-order valence-corrected chi connectivity index (χ4v) is 3.01. The minimum absolute atomic E-state index is 0.383. The standard InChI is InChI=1S/C15H17NO2S/c1-9-6-10(2)14(11(3)7-9)16-8-12-4-5-13(19-12)15(17)18/h4-7,16H,8H2,1-3H3,(H,17,18). The summed E-state index contributed by atoms with van der Waals surface area (Å²) < 4.78 is 0.